The molecule has 0 bridgehead atoms. The molecular weight excluding hydrogens is 504 g/mol. The fourth-order valence-electron chi connectivity index (χ4n) is 2.97. The van der Waals surface area contributed by atoms with Crippen molar-refractivity contribution in [2.24, 2.45) is 0 Å². The van der Waals surface area contributed by atoms with Gasteiger partial charge in [-0.25, -0.2) is 9.59 Å². The van der Waals surface area contributed by atoms with Crippen molar-refractivity contribution in [3.8, 4) is 11.5 Å². The molecule has 1 aromatic heterocycles. The molecule has 2 unspecified atom stereocenters. The first kappa shape index (κ1) is 28.1. The second kappa shape index (κ2) is 14.3. The number of nitrogens with one attached hydrogen (secondary N) is 2. The predicted octanol–water partition coefficient (Wildman–Crippen LogP) is 1.96. The highest BCUT2D eigenvalue weighted by molar-refractivity contribution is 7.98. The first-order valence-electron chi connectivity index (χ1n) is 10.7. The zero-order chi connectivity index (χ0) is 25.1. The van der Waals surface area contributed by atoms with E-state index in [0.717, 1.165) is 11.3 Å². The number of hydrogen-bond acceptors (Lipinski definition) is 11. The van der Waals surface area contributed by atoms with Gasteiger partial charge in [0.05, 0.1) is 26.4 Å². The van der Waals surface area contributed by atoms with E-state index >= 15 is 0 Å². The lowest BCUT2D eigenvalue weighted by Gasteiger charge is -2.16. The Balaban J connectivity index is 2.34. The summed E-state index contributed by atoms with van der Waals surface area (Å²) in [5.74, 6) is -1.32. The number of thiophene rings is 1. The first-order chi connectivity index (χ1) is 16.4. The molecular formula is C21H30N2O8S3. The Morgan fingerprint density at radius 3 is 1.62 bits per heavy atom. The highest BCUT2D eigenvalue weighted by Gasteiger charge is 2.34. The molecule has 10 nitrogen and oxygen atoms in total. The number of thioether (sulfide) groups is 2. The lowest BCUT2D eigenvalue weighted by molar-refractivity contribution is -0.145. The standard InChI is InChI=1S/C21H30N2O8S3/c1-5-28-20(26)12(10-32-3)22-18(24)16-14-15(31-9-7-8-30-14)17(34-16)19(25)23-13(11-33-4)21(27)29-6-2/h12-13H,5-11H2,1-4H3,(H,22,24)(H,23,25). The Bertz CT molecular complexity index is 810. The molecule has 190 valence electrons. The Labute approximate surface area is 211 Å². The van der Waals surface area contributed by atoms with Crippen LogP contribution in [0, 0.1) is 0 Å². The monoisotopic (exact) mass is 534 g/mol. The molecule has 1 aromatic rings. The van der Waals surface area contributed by atoms with Crippen LogP contribution in [0.3, 0.4) is 0 Å². The zero-order valence-corrected chi connectivity index (χ0v) is 22.0. The van der Waals surface area contributed by atoms with Crippen molar-refractivity contribution in [1.82, 2.24) is 10.6 Å². The normalized spacial score (nSPS) is 14.4. The predicted molar refractivity (Wildman–Crippen MR) is 132 cm³/mol. The summed E-state index contributed by atoms with van der Waals surface area (Å²) in [5, 5.41) is 5.34. The van der Waals surface area contributed by atoms with E-state index in [1.807, 2.05) is 12.5 Å². The number of amides is 2. The van der Waals surface area contributed by atoms with Crippen molar-refractivity contribution in [1.29, 1.82) is 0 Å². The van der Waals surface area contributed by atoms with Gasteiger partial charge in [-0.3, -0.25) is 9.59 Å². The number of carbonyl (C=O) groups is 4. The summed E-state index contributed by atoms with van der Waals surface area (Å²) >= 11 is 3.65. The van der Waals surface area contributed by atoms with Gasteiger partial charge in [0.1, 0.15) is 21.8 Å². The molecule has 0 saturated carbocycles. The van der Waals surface area contributed by atoms with E-state index in [1.165, 1.54) is 23.5 Å². The Kier molecular flexibility index (Phi) is 11.8. The van der Waals surface area contributed by atoms with Gasteiger partial charge in [0.25, 0.3) is 11.8 Å². The maximum Gasteiger partial charge on any atom is 0.329 e. The van der Waals surface area contributed by atoms with Crippen LogP contribution in [0.15, 0.2) is 0 Å². The van der Waals surface area contributed by atoms with Crippen LogP contribution in [-0.4, -0.2) is 86.3 Å². The summed E-state index contributed by atoms with van der Waals surface area (Å²) in [4.78, 5) is 50.9. The Morgan fingerprint density at radius 1 is 0.853 bits per heavy atom. The average Bonchev–Trinajstić information content (AvgIpc) is 3.00. The largest absolute Gasteiger partial charge is 0.488 e. The van der Waals surface area contributed by atoms with E-state index in [0.29, 0.717) is 31.1 Å². The number of ether oxygens (including phenoxy) is 4. The van der Waals surface area contributed by atoms with Crippen LogP contribution in [0.1, 0.15) is 39.6 Å². The van der Waals surface area contributed by atoms with Crippen molar-refractivity contribution < 1.29 is 38.1 Å². The van der Waals surface area contributed by atoms with Crippen LogP contribution in [-0.2, 0) is 19.1 Å². The minimum atomic E-state index is -0.862. The van der Waals surface area contributed by atoms with Crippen LogP contribution < -0.4 is 20.1 Å². The van der Waals surface area contributed by atoms with Crippen LogP contribution in [0.4, 0.5) is 0 Å². The quantitative estimate of drug-likeness (QED) is 0.384. The third kappa shape index (κ3) is 7.44. The van der Waals surface area contributed by atoms with E-state index < -0.39 is 35.8 Å². The maximum atomic E-state index is 13.1. The minimum absolute atomic E-state index is 0.106. The third-order valence-corrected chi connectivity index (χ3v) is 6.92. The molecule has 0 radical (unpaired) electrons. The van der Waals surface area contributed by atoms with Crippen molar-refractivity contribution in [2.75, 3.05) is 50.4 Å². The molecule has 0 fully saturated rings. The van der Waals surface area contributed by atoms with Crippen molar-refractivity contribution in [3.63, 3.8) is 0 Å². The van der Waals surface area contributed by atoms with Gasteiger partial charge < -0.3 is 29.6 Å². The van der Waals surface area contributed by atoms with Crippen LogP contribution >= 0.6 is 34.9 Å². The minimum Gasteiger partial charge on any atom is -0.488 e. The van der Waals surface area contributed by atoms with Crippen molar-refractivity contribution in [2.45, 2.75) is 32.4 Å². The lowest BCUT2D eigenvalue weighted by atomic mass is 10.2. The van der Waals surface area contributed by atoms with Crippen LogP contribution in [0.25, 0.3) is 0 Å². The number of fused-ring (bicyclic) bond motifs is 1. The average molecular weight is 535 g/mol. The van der Waals surface area contributed by atoms with Gasteiger partial charge in [-0.05, 0) is 26.4 Å². The number of hydrogen-bond donors (Lipinski definition) is 2. The lowest BCUT2D eigenvalue weighted by Crippen LogP contribution is -2.43. The van der Waals surface area contributed by atoms with E-state index in [9.17, 15) is 19.2 Å². The zero-order valence-electron chi connectivity index (χ0n) is 19.6. The van der Waals surface area contributed by atoms with E-state index in [1.54, 1.807) is 13.8 Å². The molecule has 2 heterocycles. The third-order valence-electron chi connectivity index (χ3n) is 4.44. The molecule has 0 spiro atoms. The smallest absolute Gasteiger partial charge is 0.329 e. The second-order valence-corrected chi connectivity index (χ2v) is 9.78. The summed E-state index contributed by atoms with van der Waals surface area (Å²) in [6, 6.07) is -1.72. The SMILES string of the molecule is CCOC(=O)C(CSC)NC(=O)c1sc(C(=O)NC(CSC)C(=O)OCC)c2c1OCCCO2. The summed E-state index contributed by atoms with van der Waals surface area (Å²) in [7, 11) is 0. The van der Waals surface area contributed by atoms with Crippen molar-refractivity contribution >= 4 is 58.6 Å². The van der Waals surface area contributed by atoms with Gasteiger partial charge in [-0.2, -0.15) is 23.5 Å². The van der Waals surface area contributed by atoms with Crippen LogP contribution in [0.2, 0.25) is 0 Å². The summed E-state index contributed by atoms with van der Waals surface area (Å²) in [6.45, 7) is 4.35. The molecule has 13 heteroatoms. The molecule has 2 atom stereocenters. The number of carbonyl (C=O) groups excluding carboxylic acids is 4. The van der Waals surface area contributed by atoms with Crippen LogP contribution in [0.5, 0.6) is 11.5 Å². The van der Waals surface area contributed by atoms with Gasteiger partial charge in [0.2, 0.25) is 0 Å². The highest BCUT2D eigenvalue weighted by atomic mass is 32.2. The van der Waals surface area contributed by atoms with E-state index in [4.69, 9.17) is 18.9 Å². The topological polar surface area (TPSA) is 129 Å². The van der Waals surface area contributed by atoms with Gasteiger partial charge in [0, 0.05) is 17.9 Å². The molecule has 0 aromatic carbocycles. The fourth-order valence-corrected chi connectivity index (χ4v) is 5.07. The molecule has 1 aliphatic heterocycles. The van der Waals surface area contributed by atoms with Crippen molar-refractivity contribution in [3.05, 3.63) is 9.75 Å². The van der Waals surface area contributed by atoms with Gasteiger partial charge >= 0.3 is 11.9 Å². The maximum absolute atomic E-state index is 13.1. The molecule has 0 saturated heterocycles. The van der Waals surface area contributed by atoms with E-state index in [-0.39, 0.29) is 34.5 Å². The Hall–Kier alpha value is -2.12. The van der Waals surface area contributed by atoms with Gasteiger partial charge in [-0.1, -0.05) is 0 Å². The molecule has 34 heavy (non-hydrogen) atoms. The van der Waals surface area contributed by atoms with E-state index in [2.05, 4.69) is 10.6 Å². The molecule has 2 N–H and O–H groups in total. The number of rotatable bonds is 12. The van der Waals surface area contributed by atoms with Gasteiger partial charge in [0.15, 0.2) is 11.5 Å². The Morgan fingerprint density at radius 2 is 1.26 bits per heavy atom. The second-order valence-electron chi connectivity index (χ2n) is 6.94. The summed E-state index contributed by atoms with van der Waals surface area (Å²) in [5.41, 5.74) is 0. The highest BCUT2D eigenvalue weighted by Crippen LogP contribution is 2.43. The molecule has 2 amide bonds. The molecule has 1 aliphatic rings. The molecule has 0 aliphatic carbocycles. The summed E-state index contributed by atoms with van der Waals surface area (Å²) < 4.78 is 21.6. The number of esters is 2. The van der Waals surface area contributed by atoms with Gasteiger partial charge in [-0.15, -0.1) is 11.3 Å². The summed E-state index contributed by atoms with van der Waals surface area (Å²) in [6.07, 6.45) is 4.18. The molecule has 2 rings (SSSR count). The first-order valence-corrected chi connectivity index (χ1v) is 14.3. The fraction of sp³-hybridized carbons (Fsp3) is 0.619.